The molecule has 3 aromatic heterocycles. The molecular formula is C22H18N6O. The van der Waals surface area contributed by atoms with Crippen molar-refractivity contribution in [3.8, 4) is 11.3 Å². The van der Waals surface area contributed by atoms with Crippen LogP contribution in [0.3, 0.4) is 0 Å². The maximum absolute atomic E-state index is 12.7. The van der Waals surface area contributed by atoms with Gasteiger partial charge < -0.3 is 10.4 Å². The van der Waals surface area contributed by atoms with Crippen LogP contribution >= 0.6 is 0 Å². The van der Waals surface area contributed by atoms with Crippen LogP contribution in [0.4, 0.5) is 0 Å². The third-order valence-electron chi connectivity index (χ3n) is 4.98. The zero-order chi connectivity index (χ0) is 19.8. The fraction of sp³-hybridized carbons (Fsp3) is 0.0909. The minimum atomic E-state index is -0.290. The summed E-state index contributed by atoms with van der Waals surface area (Å²) in [6.07, 6.45) is 3.50. The van der Waals surface area contributed by atoms with Crippen molar-refractivity contribution in [1.82, 2.24) is 30.5 Å². The van der Waals surface area contributed by atoms with E-state index < -0.39 is 0 Å². The molecule has 5 rings (SSSR count). The first-order chi connectivity index (χ1) is 14.2. The van der Waals surface area contributed by atoms with Crippen LogP contribution in [-0.4, -0.2) is 31.1 Å². The summed E-state index contributed by atoms with van der Waals surface area (Å²) in [7, 11) is 0. The lowest BCUT2D eigenvalue weighted by atomic mass is 10.1. The summed E-state index contributed by atoms with van der Waals surface area (Å²) >= 11 is 0. The van der Waals surface area contributed by atoms with Gasteiger partial charge in [-0.25, -0.2) is 9.97 Å². The van der Waals surface area contributed by atoms with Gasteiger partial charge in [0.25, 0.3) is 5.91 Å². The van der Waals surface area contributed by atoms with E-state index in [1.807, 2.05) is 61.5 Å². The Balaban J connectivity index is 1.48. The van der Waals surface area contributed by atoms with Crippen molar-refractivity contribution in [2.45, 2.75) is 13.0 Å². The number of fused-ring (bicyclic) bond motifs is 2. The molecule has 0 bridgehead atoms. The van der Waals surface area contributed by atoms with Gasteiger partial charge in [-0.1, -0.05) is 30.3 Å². The molecule has 1 unspecified atom stereocenters. The third-order valence-corrected chi connectivity index (χ3v) is 4.98. The van der Waals surface area contributed by atoms with Crippen LogP contribution in [0, 0.1) is 0 Å². The summed E-state index contributed by atoms with van der Waals surface area (Å²) in [5, 5.41) is 10.3. The number of benzene rings is 2. The SMILES string of the molecule is CC(NC(=O)c1nc2cc3[nH][nH]c(-c4ccncc4)c3cc2n1)c1ccccc1. The Labute approximate surface area is 166 Å². The van der Waals surface area contributed by atoms with Crippen molar-refractivity contribution < 1.29 is 4.79 Å². The fourth-order valence-corrected chi connectivity index (χ4v) is 3.45. The van der Waals surface area contributed by atoms with Gasteiger partial charge in [-0.2, -0.15) is 0 Å². The monoisotopic (exact) mass is 382 g/mol. The van der Waals surface area contributed by atoms with Gasteiger partial charge in [0.05, 0.1) is 28.3 Å². The number of hydrogen-bond acceptors (Lipinski definition) is 4. The number of carbonyl (C=O) groups is 1. The minimum absolute atomic E-state index is 0.132. The van der Waals surface area contributed by atoms with Gasteiger partial charge in [-0.3, -0.25) is 14.9 Å². The Hall–Kier alpha value is -4.00. The van der Waals surface area contributed by atoms with Crippen LogP contribution in [0.1, 0.15) is 29.1 Å². The van der Waals surface area contributed by atoms with Crippen molar-refractivity contribution in [1.29, 1.82) is 0 Å². The summed E-state index contributed by atoms with van der Waals surface area (Å²) in [6.45, 7) is 1.94. The summed E-state index contributed by atoms with van der Waals surface area (Å²) in [6, 6.07) is 17.4. The Bertz CT molecular complexity index is 1310. The number of hydrogen-bond donors (Lipinski definition) is 3. The predicted octanol–water partition coefficient (Wildman–Crippen LogP) is 3.99. The zero-order valence-corrected chi connectivity index (χ0v) is 15.7. The highest BCUT2D eigenvalue weighted by Gasteiger charge is 2.17. The molecule has 0 aliphatic heterocycles. The highest BCUT2D eigenvalue weighted by molar-refractivity contribution is 6.02. The van der Waals surface area contributed by atoms with Gasteiger partial charge >= 0.3 is 0 Å². The van der Waals surface area contributed by atoms with E-state index in [0.717, 1.165) is 27.7 Å². The van der Waals surface area contributed by atoms with E-state index in [0.29, 0.717) is 11.0 Å². The van der Waals surface area contributed by atoms with Crippen molar-refractivity contribution >= 4 is 27.8 Å². The lowest BCUT2D eigenvalue weighted by Gasteiger charge is -2.12. The molecule has 0 aliphatic carbocycles. The second kappa shape index (κ2) is 6.87. The molecule has 3 N–H and O–H groups in total. The molecule has 0 spiro atoms. The number of amides is 1. The first-order valence-corrected chi connectivity index (χ1v) is 9.33. The number of rotatable bonds is 4. The van der Waals surface area contributed by atoms with Crippen LogP contribution in [0.2, 0.25) is 0 Å². The van der Waals surface area contributed by atoms with Gasteiger partial charge in [0.15, 0.2) is 0 Å². The average molecular weight is 382 g/mol. The number of nitrogens with zero attached hydrogens (tertiary/aromatic N) is 3. The molecule has 0 radical (unpaired) electrons. The number of pyridine rings is 1. The molecule has 0 saturated carbocycles. The van der Waals surface area contributed by atoms with Gasteiger partial charge in [-0.15, -0.1) is 0 Å². The normalized spacial score (nSPS) is 12.3. The Kier molecular flexibility index (Phi) is 4.05. The number of aromatic amines is 2. The second-order valence-corrected chi connectivity index (χ2v) is 6.90. The summed E-state index contributed by atoms with van der Waals surface area (Å²) in [5.41, 5.74) is 5.23. The molecule has 0 fully saturated rings. The molecule has 142 valence electrons. The second-order valence-electron chi connectivity index (χ2n) is 6.90. The summed E-state index contributed by atoms with van der Waals surface area (Å²) in [5.74, 6) is -0.119. The van der Waals surface area contributed by atoms with E-state index in [-0.39, 0.29) is 17.8 Å². The van der Waals surface area contributed by atoms with Crippen LogP contribution < -0.4 is 5.32 Å². The van der Waals surface area contributed by atoms with E-state index in [1.54, 1.807) is 12.4 Å². The highest BCUT2D eigenvalue weighted by atomic mass is 16.2. The number of imidazole rings is 1. The zero-order valence-electron chi connectivity index (χ0n) is 15.7. The Morgan fingerprint density at radius 3 is 2.45 bits per heavy atom. The van der Waals surface area contributed by atoms with Crippen LogP contribution in [-0.2, 0) is 0 Å². The van der Waals surface area contributed by atoms with E-state index in [1.165, 1.54) is 0 Å². The third kappa shape index (κ3) is 3.12. The molecular weight excluding hydrogens is 364 g/mol. The molecule has 1 atom stereocenters. The van der Waals surface area contributed by atoms with E-state index in [4.69, 9.17) is 0 Å². The van der Waals surface area contributed by atoms with Crippen LogP contribution in [0.5, 0.6) is 0 Å². The maximum atomic E-state index is 12.7. The van der Waals surface area contributed by atoms with Gasteiger partial charge in [0.2, 0.25) is 5.82 Å². The molecule has 0 aliphatic rings. The van der Waals surface area contributed by atoms with Crippen molar-refractivity contribution in [2.24, 2.45) is 0 Å². The summed E-state index contributed by atoms with van der Waals surface area (Å²) < 4.78 is 0. The predicted molar refractivity (Wildman–Crippen MR) is 111 cm³/mol. The lowest BCUT2D eigenvalue weighted by Crippen LogP contribution is -2.27. The van der Waals surface area contributed by atoms with Crippen LogP contribution in [0.25, 0.3) is 33.2 Å². The van der Waals surface area contributed by atoms with E-state index >= 15 is 0 Å². The maximum Gasteiger partial charge on any atom is 0.289 e. The minimum Gasteiger partial charge on any atom is -0.343 e. The molecule has 3 heterocycles. The molecule has 2 aromatic carbocycles. The van der Waals surface area contributed by atoms with Gasteiger partial charge in [0.1, 0.15) is 0 Å². The number of nitrogens with one attached hydrogen (secondary N) is 3. The topological polar surface area (TPSA) is 99.3 Å². The van der Waals surface area contributed by atoms with Crippen LogP contribution in [0.15, 0.2) is 67.0 Å². The Morgan fingerprint density at radius 1 is 0.966 bits per heavy atom. The van der Waals surface area contributed by atoms with Crippen molar-refractivity contribution in [3.63, 3.8) is 0 Å². The highest BCUT2D eigenvalue weighted by Crippen LogP contribution is 2.28. The molecule has 7 nitrogen and oxygen atoms in total. The number of carbonyl (C=O) groups excluding carboxylic acids is 1. The fourth-order valence-electron chi connectivity index (χ4n) is 3.45. The standard InChI is InChI=1S/C22H18N6O/c1-13(14-5-3-2-4-6-14)24-22(29)21-25-18-11-16-17(12-19(18)26-21)27-28-20(16)15-7-9-23-10-8-15/h2-13,27-28H,1H3,(H,24,29). The lowest BCUT2D eigenvalue weighted by molar-refractivity contribution is 0.0930. The Morgan fingerprint density at radius 2 is 1.69 bits per heavy atom. The molecule has 5 aromatic rings. The first-order valence-electron chi connectivity index (χ1n) is 9.33. The molecule has 0 saturated heterocycles. The molecule has 1 amide bonds. The molecule has 29 heavy (non-hydrogen) atoms. The van der Waals surface area contributed by atoms with E-state index in [9.17, 15) is 4.79 Å². The molecule has 7 heteroatoms. The van der Waals surface area contributed by atoms with E-state index in [2.05, 4.69) is 30.5 Å². The van der Waals surface area contributed by atoms with Gasteiger partial charge in [-0.05, 0) is 36.8 Å². The van der Waals surface area contributed by atoms with Gasteiger partial charge in [0, 0.05) is 23.3 Å². The first kappa shape index (κ1) is 17.1. The average Bonchev–Trinajstić information content (AvgIpc) is 3.36. The largest absolute Gasteiger partial charge is 0.343 e. The van der Waals surface area contributed by atoms with Crippen molar-refractivity contribution in [2.75, 3.05) is 0 Å². The quantitative estimate of drug-likeness (QED) is 0.437. The van der Waals surface area contributed by atoms with Crippen molar-refractivity contribution in [3.05, 3.63) is 78.4 Å². The number of H-pyrrole nitrogens is 2. The summed E-state index contributed by atoms with van der Waals surface area (Å²) in [4.78, 5) is 25.6. The number of aromatic nitrogens is 5. The smallest absolute Gasteiger partial charge is 0.289 e.